The minimum absolute atomic E-state index is 0.0739. The molecule has 33 heavy (non-hydrogen) atoms. The van der Waals surface area contributed by atoms with Crippen molar-refractivity contribution in [2.75, 3.05) is 7.11 Å². The molecule has 3 aromatic carbocycles. The van der Waals surface area contributed by atoms with Crippen LogP contribution in [0.2, 0.25) is 0 Å². The summed E-state index contributed by atoms with van der Waals surface area (Å²) >= 11 is 0. The SMILES string of the molecule is CCC(NC(=O)NCc1ccccc1)c1ccc(C)cc1-c1cc(CC(=O)O)ccc1OC. The van der Waals surface area contributed by atoms with E-state index >= 15 is 0 Å². The fraction of sp³-hybridized carbons (Fsp3) is 0.259. The number of aryl methyl sites for hydroxylation is 1. The van der Waals surface area contributed by atoms with Gasteiger partial charge in [0.05, 0.1) is 19.6 Å². The summed E-state index contributed by atoms with van der Waals surface area (Å²) in [6, 6.07) is 20.7. The molecule has 172 valence electrons. The summed E-state index contributed by atoms with van der Waals surface area (Å²) in [5, 5.41) is 15.2. The van der Waals surface area contributed by atoms with Crippen LogP contribution < -0.4 is 15.4 Å². The van der Waals surface area contributed by atoms with Gasteiger partial charge in [0.15, 0.2) is 0 Å². The summed E-state index contributed by atoms with van der Waals surface area (Å²) in [4.78, 5) is 23.9. The number of hydrogen-bond acceptors (Lipinski definition) is 3. The second kappa shape index (κ2) is 11.2. The molecule has 0 heterocycles. The molecule has 0 spiro atoms. The molecule has 3 rings (SSSR count). The number of benzene rings is 3. The summed E-state index contributed by atoms with van der Waals surface area (Å²) in [6.07, 6.45) is 0.613. The van der Waals surface area contributed by atoms with Crippen LogP contribution in [0.15, 0.2) is 66.7 Å². The maximum absolute atomic E-state index is 12.7. The van der Waals surface area contributed by atoms with E-state index in [9.17, 15) is 14.7 Å². The van der Waals surface area contributed by atoms with Crippen LogP contribution in [0.5, 0.6) is 5.75 Å². The van der Waals surface area contributed by atoms with Gasteiger partial charge in [-0.05, 0) is 47.7 Å². The maximum Gasteiger partial charge on any atom is 0.315 e. The van der Waals surface area contributed by atoms with Gasteiger partial charge in [0.2, 0.25) is 0 Å². The molecule has 0 aliphatic carbocycles. The Labute approximate surface area is 194 Å². The number of ether oxygens (including phenoxy) is 1. The predicted octanol–water partition coefficient (Wildman–Crippen LogP) is 5.25. The van der Waals surface area contributed by atoms with Gasteiger partial charge in [0.25, 0.3) is 0 Å². The molecule has 0 aromatic heterocycles. The molecule has 0 saturated heterocycles. The van der Waals surface area contributed by atoms with Crippen molar-refractivity contribution in [3.05, 3.63) is 89.0 Å². The Bertz CT molecular complexity index is 1110. The van der Waals surface area contributed by atoms with Gasteiger partial charge in [-0.2, -0.15) is 0 Å². The van der Waals surface area contributed by atoms with Crippen LogP contribution in [-0.4, -0.2) is 24.2 Å². The smallest absolute Gasteiger partial charge is 0.315 e. The highest BCUT2D eigenvalue weighted by Gasteiger charge is 2.20. The molecule has 6 heteroatoms. The quantitative estimate of drug-likeness (QED) is 0.419. The standard InChI is InChI=1S/C27H30N2O4/c1-4-24(29-27(32)28-17-19-8-6-5-7-9-19)21-12-10-18(2)14-22(21)23-15-20(16-26(30)31)11-13-25(23)33-3/h5-15,24H,4,16-17H2,1-3H3,(H,30,31)(H2,28,29,32). The highest BCUT2D eigenvalue weighted by molar-refractivity contribution is 5.79. The fourth-order valence-corrected chi connectivity index (χ4v) is 3.84. The Kier molecular flexibility index (Phi) is 8.08. The molecular formula is C27H30N2O4. The van der Waals surface area contributed by atoms with Crippen LogP contribution in [0.3, 0.4) is 0 Å². The number of methoxy groups -OCH3 is 1. The number of urea groups is 1. The maximum atomic E-state index is 12.7. The van der Waals surface area contributed by atoms with Crippen molar-refractivity contribution < 1.29 is 19.4 Å². The summed E-state index contributed by atoms with van der Waals surface area (Å²) in [5.74, 6) is -0.238. The van der Waals surface area contributed by atoms with E-state index in [4.69, 9.17) is 4.74 Å². The number of amides is 2. The molecule has 0 fully saturated rings. The number of carboxylic acids is 1. The summed E-state index contributed by atoms with van der Waals surface area (Å²) < 4.78 is 5.59. The van der Waals surface area contributed by atoms with E-state index in [1.54, 1.807) is 19.2 Å². The first kappa shape index (κ1) is 23.9. The summed E-state index contributed by atoms with van der Waals surface area (Å²) in [6.45, 7) is 4.46. The number of carbonyl (C=O) groups excluding carboxylic acids is 1. The number of hydrogen-bond donors (Lipinski definition) is 3. The zero-order valence-electron chi connectivity index (χ0n) is 19.2. The van der Waals surface area contributed by atoms with E-state index in [1.165, 1.54) is 0 Å². The Hall–Kier alpha value is -3.80. The van der Waals surface area contributed by atoms with Gasteiger partial charge < -0.3 is 20.5 Å². The molecule has 0 aliphatic heterocycles. The molecule has 3 aromatic rings. The number of carboxylic acid groups (broad SMARTS) is 1. The van der Waals surface area contributed by atoms with Crippen LogP contribution in [0.25, 0.3) is 11.1 Å². The summed E-state index contributed by atoms with van der Waals surface area (Å²) in [7, 11) is 1.59. The average Bonchev–Trinajstić information content (AvgIpc) is 2.81. The van der Waals surface area contributed by atoms with Crippen molar-refractivity contribution in [3.63, 3.8) is 0 Å². The van der Waals surface area contributed by atoms with Gasteiger partial charge in [-0.15, -0.1) is 0 Å². The number of aliphatic carboxylic acids is 1. The van der Waals surface area contributed by atoms with Gasteiger partial charge in [0, 0.05) is 12.1 Å². The Morgan fingerprint density at radius 3 is 2.39 bits per heavy atom. The van der Waals surface area contributed by atoms with Crippen molar-refractivity contribution in [1.82, 2.24) is 10.6 Å². The molecule has 0 saturated carbocycles. The van der Waals surface area contributed by atoms with Crippen molar-refractivity contribution in [1.29, 1.82) is 0 Å². The van der Waals surface area contributed by atoms with Crippen molar-refractivity contribution in [3.8, 4) is 16.9 Å². The van der Waals surface area contributed by atoms with Crippen LogP contribution in [0, 0.1) is 6.92 Å². The van der Waals surface area contributed by atoms with Crippen LogP contribution in [-0.2, 0) is 17.8 Å². The molecule has 0 aliphatic rings. The minimum atomic E-state index is -0.890. The molecule has 0 radical (unpaired) electrons. The first-order valence-electron chi connectivity index (χ1n) is 11.0. The van der Waals surface area contributed by atoms with E-state index in [1.807, 2.05) is 68.4 Å². The van der Waals surface area contributed by atoms with E-state index < -0.39 is 5.97 Å². The van der Waals surface area contributed by atoms with E-state index in [0.717, 1.165) is 27.8 Å². The molecule has 2 amide bonds. The average molecular weight is 447 g/mol. The molecule has 1 atom stereocenters. The number of nitrogens with one attached hydrogen (secondary N) is 2. The molecule has 0 bridgehead atoms. The lowest BCUT2D eigenvalue weighted by molar-refractivity contribution is -0.136. The molecule has 1 unspecified atom stereocenters. The molecule has 6 nitrogen and oxygen atoms in total. The normalized spacial score (nSPS) is 11.5. The zero-order valence-corrected chi connectivity index (χ0v) is 19.2. The highest BCUT2D eigenvalue weighted by Crippen LogP contribution is 2.37. The Balaban J connectivity index is 1.90. The first-order chi connectivity index (χ1) is 15.9. The fourth-order valence-electron chi connectivity index (χ4n) is 3.84. The van der Waals surface area contributed by atoms with Crippen molar-refractivity contribution in [2.45, 2.75) is 39.3 Å². The monoisotopic (exact) mass is 446 g/mol. The number of rotatable bonds is 9. The number of carbonyl (C=O) groups is 2. The summed E-state index contributed by atoms with van der Waals surface area (Å²) in [5.41, 5.74) is 5.44. The van der Waals surface area contributed by atoms with E-state index in [2.05, 4.69) is 10.6 Å². The molecule has 3 N–H and O–H groups in total. The second-order valence-electron chi connectivity index (χ2n) is 7.97. The van der Waals surface area contributed by atoms with Crippen molar-refractivity contribution in [2.24, 2.45) is 0 Å². The molecular weight excluding hydrogens is 416 g/mol. The predicted molar refractivity (Wildman–Crippen MR) is 129 cm³/mol. The third kappa shape index (κ3) is 6.35. The van der Waals surface area contributed by atoms with E-state index in [-0.39, 0.29) is 18.5 Å². The first-order valence-corrected chi connectivity index (χ1v) is 11.0. The van der Waals surface area contributed by atoms with Gasteiger partial charge in [0.1, 0.15) is 5.75 Å². The second-order valence-corrected chi connectivity index (χ2v) is 7.97. The van der Waals surface area contributed by atoms with Crippen LogP contribution >= 0.6 is 0 Å². The Morgan fingerprint density at radius 2 is 1.73 bits per heavy atom. The van der Waals surface area contributed by atoms with Crippen LogP contribution in [0.1, 0.15) is 41.6 Å². The lowest BCUT2D eigenvalue weighted by atomic mass is 9.90. The van der Waals surface area contributed by atoms with Gasteiger partial charge in [-0.25, -0.2) is 4.79 Å². The zero-order chi connectivity index (χ0) is 23.8. The van der Waals surface area contributed by atoms with Crippen LogP contribution in [0.4, 0.5) is 4.79 Å². The van der Waals surface area contributed by atoms with Crippen molar-refractivity contribution >= 4 is 12.0 Å². The third-order valence-electron chi connectivity index (χ3n) is 5.50. The minimum Gasteiger partial charge on any atom is -0.496 e. The largest absolute Gasteiger partial charge is 0.496 e. The van der Waals surface area contributed by atoms with E-state index in [0.29, 0.717) is 24.3 Å². The van der Waals surface area contributed by atoms with Gasteiger partial charge in [-0.1, -0.05) is 67.1 Å². The Morgan fingerprint density at radius 1 is 0.970 bits per heavy atom. The van der Waals surface area contributed by atoms with Gasteiger partial charge in [-0.3, -0.25) is 4.79 Å². The topological polar surface area (TPSA) is 87.7 Å². The lowest BCUT2D eigenvalue weighted by Gasteiger charge is -2.23. The third-order valence-corrected chi connectivity index (χ3v) is 5.50. The lowest BCUT2D eigenvalue weighted by Crippen LogP contribution is -2.37. The highest BCUT2D eigenvalue weighted by atomic mass is 16.5. The van der Waals surface area contributed by atoms with Gasteiger partial charge >= 0.3 is 12.0 Å².